The highest BCUT2D eigenvalue weighted by molar-refractivity contribution is 7.89. The number of hydrogen-bond acceptors (Lipinski definition) is 4. The Morgan fingerprint density at radius 3 is 2.85 bits per heavy atom. The normalized spacial score (nSPS) is 13.3. The van der Waals surface area contributed by atoms with Gasteiger partial charge in [0.05, 0.1) is 16.6 Å². The molecule has 0 radical (unpaired) electrons. The van der Waals surface area contributed by atoms with Crippen LogP contribution in [0.15, 0.2) is 41.6 Å². The standard InChI is InChI=1S/C13H18N4O2S/c1-10(13-5-3-4-6-15-13)17-20(18,19)12-7-11(8-14-2)16-9-12/h3-7,9-10,14,16-17H,8H2,1-2H3. The van der Waals surface area contributed by atoms with Crippen LogP contribution in [0.4, 0.5) is 0 Å². The van der Waals surface area contributed by atoms with E-state index in [9.17, 15) is 8.42 Å². The molecule has 2 rings (SSSR count). The fourth-order valence-corrected chi connectivity index (χ4v) is 3.09. The van der Waals surface area contributed by atoms with Gasteiger partial charge in [-0.2, -0.15) is 0 Å². The number of rotatable bonds is 6. The maximum Gasteiger partial charge on any atom is 0.242 e. The third-order valence-electron chi connectivity index (χ3n) is 2.86. The first-order chi connectivity index (χ1) is 9.53. The van der Waals surface area contributed by atoms with E-state index in [4.69, 9.17) is 0 Å². The molecule has 0 fully saturated rings. The van der Waals surface area contributed by atoms with Crippen LogP contribution in [0.2, 0.25) is 0 Å². The number of nitrogens with zero attached hydrogens (tertiary/aromatic N) is 1. The molecule has 0 saturated heterocycles. The number of nitrogens with one attached hydrogen (secondary N) is 3. The van der Waals surface area contributed by atoms with Crippen LogP contribution < -0.4 is 10.0 Å². The van der Waals surface area contributed by atoms with Crippen molar-refractivity contribution in [2.75, 3.05) is 7.05 Å². The topological polar surface area (TPSA) is 86.9 Å². The van der Waals surface area contributed by atoms with Gasteiger partial charge in [-0.1, -0.05) is 6.07 Å². The van der Waals surface area contributed by atoms with Crippen LogP contribution in [0, 0.1) is 0 Å². The molecule has 108 valence electrons. The Labute approximate surface area is 118 Å². The smallest absolute Gasteiger partial charge is 0.242 e. The Morgan fingerprint density at radius 2 is 2.20 bits per heavy atom. The van der Waals surface area contributed by atoms with Crippen molar-refractivity contribution in [1.82, 2.24) is 20.0 Å². The maximum absolute atomic E-state index is 12.3. The Morgan fingerprint density at radius 1 is 1.40 bits per heavy atom. The lowest BCUT2D eigenvalue weighted by Crippen LogP contribution is -2.27. The first-order valence-corrected chi connectivity index (χ1v) is 7.76. The molecule has 6 nitrogen and oxygen atoms in total. The van der Waals surface area contributed by atoms with Gasteiger partial charge in [0.25, 0.3) is 0 Å². The molecule has 0 aliphatic rings. The number of aromatic nitrogens is 2. The van der Waals surface area contributed by atoms with Crippen molar-refractivity contribution in [3.63, 3.8) is 0 Å². The number of pyridine rings is 1. The number of H-pyrrole nitrogens is 1. The molecule has 0 amide bonds. The number of hydrogen-bond donors (Lipinski definition) is 3. The summed E-state index contributed by atoms with van der Waals surface area (Å²) >= 11 is 0. The summed E-state index contributed by atoms with van der Waals surface area (Å²) in [7, 11) is -1.75. The molecule has 7 heteroatoms. The van der Waals surface area contributed by atoms with Gasteiger partial charge in [-0.3, -0.25) is 4.98 Å². The SMILES string of the molecule is CNCc1cc(S(=O)(=O)NC(C)c2ccccn2)c[nH]1. The number of aromatic amines is 1. The van der Waals surface area contributed by atoms with E-state index in [1.165, 1.54) is 6.20 Å². The molecule has 0 aliphatic heterocycles. The van der Waals surface area contributed by atoms with Crippen LogP contribution >= 0.6 is 0 Å². The van der Waals surface area contributed by atoms with Gasteiger partial charge in [-0.25, -0.2) is 13.1 Å². The average Bonchev–Trinajstić information content (AvgIpc) is 2.89. The van der Waals surface area contributed by atoms with Crippen LogP contribution in [0.5, 0.6) is 0 Å². The van der Waals surface area contributed by atoms with Gasteiger partial charge in [0.2, 0.25) is 10.0 Å². The highest BCUT2D eigenvalue weighted by Gasteiger charge is 2.20. The van der Waals surface area contributed by atoms with E-state index in [0.29, 0.717) is 12.2 Å². The van der Waals surface area contributed by atoms with Crippen molar-refractivity contribution in [1.29, 1.82) is 0 Å². The zero-order valence-electron chi connectivity index (χ0n) is 11.4. The number of sulfonamides is 1. The predicted octanol–water partition coefficient (Wildman–Crippen LogP) is 1.17. The van der Waals surface area contributed by atoms with Gasteiger partial charge in [-0.15, -0.1) is 0 Å². The molecule has 2 aromatic rings. The van der Waals surface area contributed by atoms with Crippen molar-refractivity contribution >= 4 is 10.0 Å². The van der Waals surface area contributed by atoms with Gasteiger partial charge in [0.15, 0.2) is 0 Å². The van der Waals surface area contributed by atoms with Crippen molar-refractivity contribution in [3.05, 3.63) is 48.0 Å². The molecule has 0 aromatic carbocycles. The molecular formula is C13H18N4O2S. The maximum atomic E-state index is 12.3. The van der Waals surface area contributed by atoms with Crippen LogP contribution in [0.1, 0.15) is 24.4 Å². The van der Waals surface area contributed by atoms with E-state index in [1.54, 1.807) is 38.4 Å². The van der Waals surface area contributed by atoms with Gasteiger partial charge in [0, 0.05) is 24.6 Å². The first kappa shape index (κ1) is 14.7. The lowest BCUT2D eigenvalue weighted by atomic mass is 10.2. The van der Waals surface area contributed by atoms with E-state index in [2.05, 4.69) is 20.0 Å². The van der Waals surface area contributed by atoms with Gasteiger partial charge in [0.1, 0.15) is 0 Å². The Kier molecular flexibility index (Phi) is 4.53. The first-order valence-electron chi connectivity index (χ1n) is 6.28. The summed E-state index contributed by atoms with van der Waals surface area (Å²) in [6, 6.07) is 6.64. The van der Waals surface area contributed by atoms with Crippen LogP contribution in [0.25, 0.3) is 0 Å². The van der Waals surface area contributed by atoms with E-state index in [0.717, 1.165) is 5.69 Å². The minimum absolute atomic E-state index is 0.227. The quantitative estimate of drug-likeness (QED) is 0.746. The summed E-state index contributed by atoms with van der Waals surface area (Å²) in [6.07, 6.45) is 3.13. The molecule has 20 heavy (non-hydrogen) atoms. The zero-order chi connectivity index (χ0) is 14.6. The van der Waals surface area contributed by atoms with Gasteiger partial charge < -0.3 is 10.3 Å². The van der Waals surface area contributed by atoms with Crippen LogP contribution in [0.3, 0.4) is 0 Å². The second kappa shape index (κ2) is 6.17. The second-order valence-electron chi connectivity index (χ2n) is 4.49. The molecule has 0 aliphatic carbocycles. The molecule has 0 saturated carbocycles. The Balaban J connectivity index is 2.14. The lowest BCUT2D eigenvalue weighted by molar-refractivity contribution is 0.564. The van der Waals surface area contributed by atoms with Crippen molar-refractivity contribution in [2.24, 2.45) is 0 Å². The second-order valence-corrected chi connectivity index (χ2v) is 6.20. The van der Waals surface area contributed by atoms with E-state index in [1.807, 2.05) is 6.07 Å². The lowest BCUT2D eigenvalue weighted by Gasteiger charge is -2.12. The minimum atomic E-state index is -3.55. The molecule has 2 aromatic heterocycles. The fraction of sp³-hybridized carbons (Fsp3) is 0.308. The molecule has 0 spiro atoms. The molecule has 0 bridgehead atoms. The highest BCUT2D eigenvalue weighted by Crippen LogP contribution is 2.16. The summed E-state index contributed by atoms with van der Waals surface area (Å²) in [6.45, 7) is 2.35. The molecule has 1 atom stereocenters. The monoisotopic (exact) mass is 294 g/mol. The van der Waals surface area contributed by atoms with Gasteiger partial charge >= 0.3 is 0 Å². The van der Waals surface area contributed by atoms with Crippen LogP contribution in [-0.4, -0.2) is 25.4 Å². The molecular weight excluding hydrogens is 276 g/mol. The Bertz CT molecular complexity index is 652. The van der Waals surface area contributed by atoms with Crippen molar-refractivity contribution in [3.8, 4) is 0 Å². The minimum Gasteiger partial charge on any atom is -0.363 e. The molecule has 2 heterocycles. The summed E-state index contributed by atoms with van der Waals surface area (Å²) in [5.74, 6) is 0. The van der Waals surface area contributed by atoms with Crippen LogP contribution in [-0.2, 0) is 16.6 Å². The predicted molar refractivity (Wildman–Crippen MR) is 76.5 cm³/mol. The van der Waals surface area contributed by atoms with E-state index in [-0.39, 0.29) is 10.9 Å². The van der Waals surface area contributed by atoms with Crippen molar-refractivity contribution in [2.45, 2.75) is 24.4 Å². The third kappa shape index (κ3) is 3.44. The fourth-order valence-electron chi connectivity index (χ4n) is 1.86. The molecule has 3 N–H and O–H groups in total. The van der Waals surface area contributed by atoms with E-state index >= 15 is 0 Å². The van der Waals surface area contributed by atoms with Crippen molar-refractivity contribution < 1.29 is 8.42 Å². The summed E-state index contributed by atoms with van der Waals surface area (Å²) in [4.78, 5) is 7.30. The average molecular weight is 294 g/mol. The Hall–Kier alpha value is -1.70. The largest absolute Gasteiger partial charge is 0.363 e. The summed E-state index contributed by atoms with van der Waals surface area (Å²) in [5.41, 5.74) is 1.50. The summed E-state index contributed by atoms with van der Waals surface area (Å²) in [5, 5.41) is 2.96. The zero-order valence-corrected chi connectivity index (χ0v) is 12.2. The van der Waals surface area contributed by atoms with E-state index < -0.39 is 10.0 Å². The van der Waals surface area contributed by atoms with Gasteiger partial charge in [-0.05, 0) is 32.2 Å². The highest BCUT2D eigenvalue weighted by atomic mass is 32.2. The third-order valence-corrected chi connectivity index (χ3v) is 4.38. The molecule has 1 unspecified atom stereocenters. The summed E-state index contributed by atoms with van der Waals surface area (Å²) < 4.78 is 27.1.